The molecule has 0 radical (unpaired) electrons. The fourth-order valence-corrected chi connectivity index (χ4v) is 3.63. The van der Waals surface area contributed by atoms with Crippen LogP contribution in [-0.4, -0.2) is 36.0 Å². The Balaban J connectivity index is 2.19. The third-order valence-electron chi connectivity index (χ3n) is 3.79. The Labute approximate surface area is 155 Å². The van der Waals surface area contributed by atoms with Gasteiger partial charge in [-0.3, -0.25) is 4.57 Å². The molecule has 0 aliphatic rings. The zero-order valence-corrected chi connectivity index (χ0v) is 15.9. The van der Waals surface area contributed by atoms with Crippen LogP contribution in [0.4, 0.5) is 13.2 Å². The lowest BCUT2D eigenvalue weighted by atomic mass is 10.2. The number of nitrogens with zero attached hydrogens (tertiary/aromatic N) is 3. The average molecular weight is 406 g/mol. The van der Waals surface area contributed by atoms with E-state index < -0.39 is 28.8 Å². The topological polar surface area (TPSA) is 86.1 Å². The van der Waals surface area contributed by atoms with Crippen LogP contribution in [0.5, 0.6) is 6.01 Å². The molecule has 7 nitrogen and oxygen atoms in total. The van der Waals surface area contributed by atoms with Crippen LogP contribution < -0.4 is 9.46 Å². The molecule has 0 aliphatic heterocycles. The van der Waals surface area contributed by atoms with Crippen molar-refractivity contribution in [2.45, 2.75) is 50.9 Å². The second-order valence-corrected chi connectivity index (χ2v) is 7.54. The summed E-state index contributed by atoms with van der Waals surface area (Å²) in [6.07, 6.45) is -3.73. The largest absolute Gasteiger partial charge is 0.454 e. The SMILES string of the molecule is CCc1ccc(S(=O)(=O)N[C@H](C)c2nnc(OCC(F)(F)F)n2CC)cc1. The van der Waals surface area contributed by atoms with Gasteiger partial charge in [0, 0.05) is 6.54 Å². The van der Waals surface area contributed by atoms with Crippen LogP contribution in [-0.2, 0) is 23.0 Å². The molecule has 0 unspecified atom stereocenters. The zero-order chi connectivity index (χ0) is 20.2. The molecule has 0 amide bonds. The molecule has 0 spiro atoms. The quantitative estimate of drug-likeness (QED) is 0.729. The molecule has 150 valence electrons. The summed E-state index contributed by atoms with van der Waals surface area (Å²) in [7, 11) is -3.84. The normalized spacial score (nSPS) is 13.6. The summed E-state index contributed by atoms with van der Waals surface area (Å²) in [4.78, 5) is 0.0858. The van der Waals surface area contributed by atoms with Gasteiger partial charge in [-0.15, -0.1) is 5.10 Å². The number of rotatable bonds is 8. The highest BCUT2D eigenvalue weighted by Gasteiger charge is 2.30. The van der Waals surface area contributed by atoms with E-state index in [1.165, 1.54) is 23.6 Å². The molecule has 0 aliphatic carbocycles. The van der Waals surface area contributed by atoms with Gasteiger partial charge in [-0.05, 0) is 38.0 Å². The minimum absolute atomic E-state index is 0.0858. The molecule has 0 fully saturated rings. The van der Waals surface area contributed by atoms with Crippen molar-refractivity contribution >= 4 is 10.0 Å². The maximum absolute atomic E-state index is 12.5. The Hall–Kier alpha value is -2.14. The second-order valence-electron chi connectivity index (χ2n) is 5.83. The van der Waals surface area contributed by atoms with E-state index in [0.717, 1.165) is 12.0 Å². The van der Waals surface area contributed by atoms with Crippen molar-refractivity contribution in [3.05, 3.63) is 35.7 Å². The van der Waals surface area contributed by atoms with Gasteiger partial charge in [-0.1, -0.05) is 24.2 Å². The van der Waals surface area contributed by atoms with Crippen LogP contribution in [0.15, 0.2) is 29.2 Å². The van der Waals surface area contributed by atoms with Crippen molar-refractivity contribution < 1.29 is 26.3 Å². The molecule has 0 saturated heterocycles. The first-order valence-corrected chi connectivity index (χ1v) is 9.79. The fraction of sp³-hybridized carbons (Fsp3) is 0.500. The molecule has 2 rings (SSSR count). The number of sulfonamides is 1. The maximum Gasteiger partial charge on any atom is 0.422 e. The number of halogens is 3. The van der Waals surface area contributed by atoms with Crippen LogP contribution in [0, 0.1) is 0 Å². The van der Waals surface area contributed by atoms with E-state index in [-0.39, 0.29) is 23.3 Å². The van der Waals surface area contributed by atoms with E-state index in [9.17, 15) is 21.6 Å². The zero-order valence-electron chi connectivity index (χ0n) is 15.1. The highest BCUT2D eigenvalue weighted by Crippen LogP contribution is 2.22. The number of alkyl halides is 3. The lowest BCUT2D eigenvalue weighted by molar-refractivity contribution is -0.155. The highest BCUT2D eigenvalue weighted by atomic mass is 32.2. The monoisotopic (exact) mass is 406 g/mol. The van der Waals surface area contributed by atoms with Crippen LogP contribution in [0.3, 0.4) is 0 Å². The Morgan fingerprint density at radius 3 is 2.33 bits per heavy atom. The number of nitrogens with one attached hydrogen (secondary N) is 1. The minimum Gasteiger partial charge on any atom is -0.454 e. The van der Waals surface area contributed by atoms with E-state index in [4.69, 9.17) is 0 Å². The number of hydrogen-bond acceptors (Lipinski definition) is 5. The van der Waals surface area contributed by atoms with Crippen molar-refractivity contribution in [1.29, 1.82) is 0 Å². The molecular formula is C16H21F3N4O3S. The molecule has 0 bridgehead atoms. The predicted molar refractivity (Wildman–Crippen MR) is 91.8 cm³/mol. The Bertz CT molecular complexity index is 864. The van der Waals surface area contributed by atoms with Gasteiger partial charge in [0.05, 0.1) is 10.9 Å². The van der Waals surface area contributed by atoms with E-state index in [1.807, 2.05) is 6.92 Å². The smallest absolute Gasteiger partial charge is 0.422 e. The van der Waals surface area contributed by atoms with Crippen LogP contribution in [0.25, 0.3) is 0 Å². The van der Waals surface area contributed by atoms with Crippen molar-refractivity contribution in [2.24, 2.45) is 0 Å². The maximum atomic E-state index is 12.5. The molecule has 1 aromatic heterocycles. The summed E-state index contributed by atoms with van der Waals surface area (Å²) >= 11 is 0. The van der Waals surface area contributed by atoms with Gasteiger partial charge in [0.15, 0.2) is 12.4 Å². The lowest BCUT2D eigenvalue weighted by Crippen LogP contribution is -2.29. The molecule has 1 heterocycles. The third kappa shape index (κ3) is 5.42. The Kier molecular flexibility index (Phi) is 6.47. The van der Waals surface area contributed by atoms with Gasteiger partial charge >= 0.3 is 12.2 Å². The molecule has 1 atom stereocenters. The number of benzene rings is 1. The number of aromatic nitrogens is 3. The van der Waals surface area contributed by atoms with Crippen molar-refractivity contribution in [3.8, 4) is 6.01 Å². The molecule has 0 saturated carbocycles. The van der Waals surface area contributed by atoms with E-state index in [0.29, 0.717) is 0 Å². The van der Waals surface area contributed by atoms with Gasteiger partial charge in [0.25, 0.3) is 0 Å². The molecular weight excluding hydrogens is 385 g/mol. The number of hydrogen-bond donors (Lipinski definition) is 1. The van der Waals surface area contributed by atoms with E-state index in [1.54, 1.807) is 19.1 Å². The summed E-state index contributed by atoms with van der Waals surface area (Å²) in [5, 5.41) is 7.38. The summed E-state index contributed by atoms with van der Waals surface area (Å²) in [5.74, 6) is 0.156. The Morgan fingerprint density at radius 1 is 1.19 bits per heavy atom. The predicted octanol–water partition coefficient (Wildman–Crippen LogP) is 2.84. The second kappa shape index (κ2) is 8.26. The molecule has 1 N–H and O–H groups in total. The third-order valence-corrected chi connectivity index (χ3v) is 5.34. The number of ether oxygens (including phenoxy) is 1. The molecule has 11 heteroatoms. The summed E-state index contributed by atoms with van der Waals surface area (Å²) in [6.45, 7) is 3.86. The van der Waals surface area contributed by atoms with Crippen LogP contribution in [0.1, 0.15) is 38.2 Å². The lowest BCUT2D eigenvalue weighted by Gasteiger charge is -2.16. The van der Waals surface area contributed by atoms with Gasteiger partial charge < -0.3 is 4.74 Å². The summed E-state index contributed by atoms with van der Waals surface area (Å²) in [5.41, 5.74) is 0.999. The first-order chi connectivity index (χ1) is 12.6. The van der Waals surface area contributed by atoms with Crippen molar-refractivity contribution in [3.63, 3.8) is 0 Å². The van der Waals surface area contributed by atoms with E-state index in [2.05, 4.69) is 19.7 Å². The average Bonchev–Trinajstić information content (AvgIpc) is 3.02. The standard InChI is InChI=1S/C16H21F3N4O3S/c1-4-12-6-8-13(9-7-12)27(24,25)22-11(3)14-20-21-15(23(14)5-2)26-10-16(17,18)19/h6-9,11,22H,4-5,10H2,1-3H3/t11-/m1/s1. The van der Waals surface area contributed by atoms with Crippen LogP contribution in [0.2, 0.25) is 0 Å². The van der Waals surface area contributed by atoms with E-state index >= 15 is 0 Å². The van der Waals surface area contributed by atoms with Crippen molar-refractivity contribution in [2.75, 3.05) is 6.61 Å². The first-order valence-electron chi connectivity index (χ1n) is 8.31. The number of aryl methyl sites for hydroxylation is 1. The van der Waals surface area contributed by atoms with Crippen molar-refractivity contribution in [1.82, 2.24) is 19.5 Å². The minimum atomic E-state index is -4.51. The first kappa shape index (κ1) is 21.2. The van der Waals surface area contributed by atoms with Crippen LogP contribution >= 0.6 is 0 Å². The van der Waals surface area contributed by atoms with Gasteiger partial charge in [0.2, 0.25) is 10.0 Å². The summed E-state index contributed by atoms with van der Waals surface area (Å²) in [6, 6.07) is 5.29. The Morgan fingerprint density at radius 2 is 1.81 bits per heavy atom. The molecule has 1 aromatic carbocycles. The summed E-state index contributed by atoms with van der Waals surface area (Å²) < 4.78 is 70.5. The van der Waals surface area contributed by atoms with Gasteiger partial charge in [-0.25, -0.2) is 13.1 Å². The van der Waals surface area contributed by atoms with Gasteiger partial charge in [0.1, 0.15) is 0 Å². The molecule has 2 aromatic rings. The highest BCUT2D eigenvalue weighted by molar-refractivity contribution is 7.89. The molecule has 27 heavy (non-hydrogen) atoms. The fourth-order valence-electron chi connectivity index (χ4n) is 2.43. The van der Waals surface area contributed by atoms with Gasteiger partial charge in [-0.2, -0.15) is 13.2 Å².